The predicted molar refractivity (Wildman–Crippen MR) is 75.6 cm³/mol. The minimum absolute atomic E-state index is 0.00956. The van der Waals surface area contributed by atoms with Crippen LogP contribution in [0.4, 0.5) is 5.69 Å². The Kier molecular flexibility index (Phi) is 5.51. The molecule has 0 atom stereocenters. The Morgan fingerprint density at radius 3 is 2.60 bits per heavy atom. The van der Waals surface area contributed by atoms with Crippen LogP contribution >= 0.6 is 11.8 Å². The Balaban J connectivity index is 2.87. The smallest absolute Gasteiger partial charge is 0.283 e. The molecule has 1 rings (SSSR count). The van der Waals surface area contributed by atoms with E-state index >= 15 is 0 Å². The van der Waals surface area contributed by atoms with Gasteiger partial charge in [-0.05, 0) is 26.0 Å². The summed E-state index contributed by atoms with van der Waals surface area (Å²) in [6.45, 7) is 3.65. The second-order valence-electron chi connectivity index (χ2n) is 4.31. The number of carbonyl (C=O) groups is 2. The minimum atomic E-state index is -0.734. The van der Waals surface area contributed by atoms with Crippen molar-refractivity contribution in [2.24, 2.45) is 5.73 Å². The van der Waals surface area contributed by atoms with Crippen molar-refractivity contribution in [3.05, 3.63) is 33.9 Å². The largest absolute Gasteiger partial charge is 0.366 e. The zero-order chi connectivity index (χ0) is 15.3. The Labute approximate surface area is 120 Å². The summed E-state index contributed by atoms with van der Waals surface area (Å²) < 4.78 is 0. The van der Waals surface area contributed by atoms with Crippen LogP contribution in [0.3, 0.4) is 0 Å². The molecule has 3 N–H and O–H groups in total. The molecule has 0 spiro atoms. The summed E-state index contributed by atoms with van der Waals surface area (Å²) in [6.07, 6.45) is 0. The summed E-state index contributed by atoms with van der Waals surface area (Å²) >= 11 is 1.04. The van der Waals surface area contributed by atoms with Crippen molar-refractivity contribution in [2.75, 3.05) is 5.75 Å². The second kappa shape index (κ2) is 6.90. The third-order valence-corrected chi connectivity index (χ3v) is 3.31. The van der Waals surface area contributed by atoms with E-state index in [1.54, 1.807) is 0 Å². The van der Waals surface area contributed by atoms with Gasteiger partial charge in [0.1, 0.15) is 0 Å². The highest BCUT2D eigenvalue weighted by Crippen LogP contribution is 2.29. The fourth-order valence-corrected chi connectivity index (χ4v) is 2.26. The van der Waals surface area contributed by atoms with E-state index in [4.69, 9.17) is 5.73 Å². The van der Waals surface area contributed by atoms with Gasteiger partial charge in [-0.2, -0.15) is 0 Å². The van der Waals surface area contributed by atoms with Crippen LogP contribution in [0, 0.1) is 10.1 Å². The Hall–Kier alpha value is -2.09. The molecule has 0 fully saturated rings. The van der Waals surface area contributed by atoms with Crippen molar-refractivity contribution in [1.29, 1.82) is 0 Å². The number of benzene rings is 1. The van der Waals surface area contributed by atoms with Crippen molar-refractivity contribution in [2.45, 2.75) is 24.8 Å². The number of amides is 2. The predicted octanol–water partition coefficient (Wildman–Crippen LogP) is 1.31. The van der Waals surface area contributed by atoms with Crippen LogP contribution in [-0.4, -0.2) is 28.5 Å². The molecule has 0 bridgehead atoms. The molecule has 8 heteroatoms. The van der Waals surface area contributed by atoms with E-state index in [-0.39, 0.29) is 29.0 Å². The first-order chi connectivity index (χ1) is 9.31. The number of hydrogen-bond donors (Lipinski definition) is 2. The topological polar surface area (TPSA) is 115 Å². The molecule has 0 unspecified atom stereocenters. The summed E-state index contributed by atoms with van der Waals surface area (Å²) in [7, 11) is 0. The average Bonchev–Trinajstić information content (AvgIpc) is 2.35. The summed E-state index contributed by atoms with van der Waals surface area (Å²) in [6, 6.07) is 3.95. The van der Waals surface area contributed by atoms with E-state index in [2.05, 4.69) is 5.32 Å². The van der Waals surface area contributed by atoms with Crippen LogP contribution < -0.4 is 11.1 Å². The van der Waals surface area contributed by atoms with Crippen molar-refractivity contribution in [3.63, 3.8) is 0 Å². The number of nitrogens with zero attached hydrogens (tertiary/aromatic N) is 1. The molecule has 1 aromatic carbocycles. The van der Waals surface area contributed by atoms with Crippen molar-refractivity contribution in [1.82, 2.24) is 5.32 Å². The molecule has 0 saturated heterocycles. The molecule has 0 radical (unpaired) electrons. The van der Waals surface area contributed by atoms with E-state index in [1.807, 2.05) is 13.8 Å². The standard InChI is InChI=1S/C12H15N3O4S/c1-7(2)14-11(16)6-20-10-4-3-8(12(13)17)5-9(10)15(18)19/h3-5,7H,6H2,1-2H3,(H2,13,17)(H,14,16). The number of hydrogen-bond acceptors (Lipinski definition) is 5. The lowest BCUT2D eigenvalue weighted by atomic mass is 10.2. The highest BCUT2D eigenvalue weighted by atomic mass is 32.2. The molecular weight excluding hydrogens is 282 g/mol. The summed E-state index contributed by atoms with van der Waals surface area (Å²) in [5.74, 6) is -0.880. The van der Waals surface area contributed by atoms with Crippen LogP contribution in [0.25, 0.3) is 0 Å². The molecule has 0 aliphatic carbocycles. The third kappa shape index (κ3) is 4.54. The highest BCUT2D eigenvalue weighted by molar-refractivity contribution is 8.00. The Bertz CT molecular complexity index is 546. The molecule has 0 aliphatic rings. The van der Waals surface area contributed by atoms with Crippen LogP contribution in [0.5, 0.6) is 0 Å². The SMILES string of the molecule is CC(C)NC(=O)CSc1ccc(C(N)=O)cc1[N+](=O)[O-]. The molecule has 108 valence electrons. The van der Waals surface area contributed by atoms with Gasteiger partial charge >= 0.3 is 0 Å². The molecule has 2 amide bonds. The van der Waals surface area contributed by atoms with Crippen LogP contribution in [-0.2, 0) is 4.79 Å². The lowest BCUT2D eigenvalue weighted by Crippen LogP contribution is -2.31. The van der Waals surface area contributed by atoms with Gasteiger partial charge in [0, 0.05) is 17.7 Å². The molecule has 0 heterocycles. The number of rotatable bonds is 6. The van der Waals surface area contributed by atoms with Crippen molar-refractivity contribution >= 4 is 29.3 Å². The third-order valence-electron chi connectivity index (χ3n) is 2.25. The van der Waals surface area contributed by atoms with Crippen molar-refractivity contribution < 1.29 is 14.5 Å². The number of primary amides is 1. The maximum Gasteiger partial charge on any atom is 0.283 e. The maximum atomic E-state index is 11.5. The lowest BCUT2D eigenvalue weighted by molar-refractivity contribution is -0.387. The second-order valence-corrected chi connectivity index (χ2v) is 5.33. The van der Waals surface area contributed by atoms with E-state index in [0.717, 1.165) is 17.8 Å². The van der Waals surface area contributed by atoms with Gasteiger partial charge in [0.25, 0.3) is 5.69 Å². The molecular formula is C12H15N3O4S. The Morgan fingerprint density at radius 2 is 2.10 bits per heavy atom. The van der Waals surface area contributed by atoms with Crippen LogP contribution in [0.15, 0.2) is 23.1 Å². The zero-order valence-electron chi connectivity index (χ0n) is 11.1. The van der Waals surface area contributed by atoms with Crippen LogP contribution in [0.1, 0.15) is 24.2 Å². The summed E-state index contributed by atoms with van der Waals surface area (Å²) in [4.78, 5) is 33.2. The molecule has 1 aromatic rings. The summed E-state index contributed by atoms with van der Waals surface area (Å²) in [5, 5.41) is 13.6. The Morgan fingerprint density at radius 1 is 1.45 bits per heavy atom. The fraction of sp³-hybridized carbons (Fsp3) is 0.333. The van der Waals surface area contributed by atoms with Crippen LogP contribution in [0.2, 0.25) is 0 Å². The maximum absolute atomic E-state index is 11.5. The number of carbonyl (C=O) groups excluding carboxylic acids is 2. The van der Waals surface area contributed by atoms with Gasteiger partial charge in [-0.15, -0.1) is 11.8 Å². The monoisotopic (exact) mass is 297 g/mol. The van der Waals surface area contributed by atoms with E-state index in [0.29, 0.717) is 4.90 Å². The van der Waals surface area contributed by atoms with Gasteiger partial charge in [0.05, 0.1) is 15.6 Å². The number of nitrogens with one attached hydrogen (secondary N) is 1. The van der Waals surface area contributed by atoms with E-state index < -0.39 is 10.8 Å². The lowest BCUT2D eigenvalue weighted by Gasteiger charge is -2.08. The number of nitro benzene ring substituents is 1. The number of nitrogens with two attached hydrogens (primary N) is 1. The first kappa shape index (κ1) is 16.0. The quantitative estimate of drug-likeness (QED) is 0.466. The first-order valence-electron chi connectivity index (χ1n) is 5.81. The van der Waals surface area contributed by atoms with E-state index in [9.17, 15) is 19.7 Å². The molecule has 0 aromatic heterocycles. The number of thioether (sulfide) groups is 1. The van der Waals surface area contributed by atoms with Gasteiger partial charge in [-0.3, -0.25) is 19.7 Å². The van der Waals surface area contributed by atoms with Crippen molar-refractivity contribution in [3.8, 4) is 0 Å². The van der Waals surface area contributed by atoms with Gasteiger partial charge < -0.3 is 11.1 Å². The first-order valence-corrected chi connectivity index (χ1v) is 6.80. The molecule has 7 nitrogen and oxygen atoms in total. The minimum Gasteiger partial charge on any atom is -0.366 e. The van der Waals surface area contributed by atoms with Gasteiger partial charge in [-0.25, -0.2) is 0 Å². The average molecular weight is 297 g/mol. The van der Waals surface area contributed by atoms with Gasteiger partial charge in [0.15, 0.2) is 0 Å². The molecule has 0 aliphatic heterocycles. The normalized spacial score (nSPS) is 10.3. The summed E-state index contributed by atoms with van der Waals surface area (Å²) in [5.41, 5.74) is 4.91. The molecule has 20 heavy (non-hydrogen) atoms. The molecule has 0 saturated carbocycles. The fourth-order valence-electron chi connectivity index (χ4n) is 1.44. The number of nitro groups is 1. The zero-order valence-corrected chi connectivity index (χ0v) is 11.9. The van der Waals surface area contributed by atoms with Gasteiger partial charge in [0.2, 0.25) is 11.8 Å². The van der Waals surface area contributed by atoms with E-state index in [1.165, 1.54) is 12.1 Å². The van der Waals surface area contributed by atoms with Gasteiger partial charge in [-0.1, -0.05) is 0 Å². The highest BCUT2D eigenvalue weighted by Gasteiger charge is 2.18.